The first-order valence-corrected chi connectivity index (χ1v) is 8.75. The summed E-state index contributed by atoms with van der Waals surface area (Å²) in [6.45, 7) is 5.27. The Morgan fingerprint density at radius 1 is 1.38 bits per heavy atom. The molecule has 1 aromatic rings. The van der Waals surface area contributed by atoms with Crippen LogP contribution in [0.25, 0.3) is 0 Å². The summed E-state index contributed by atoms with van der Waals surface area (Å²) >= 11 is 0. The predicted octanol–water partition coefficient (Wildman–Crippen LogP) is -0.529. The lowest BCUT2D eigenvalue weighted by Crippen LogP contribution is -2.46. The summed E-state index contributed by atoms with van der Waals surface area (Å²) in [5, 5.41) is 7.37. The number of aryl methyl sites for hydroxylation is 1. The van der Waals surface area contributed by atoms with Gasteiger partial charge in [0.05, 0.1) is 6.54 Å². The van der Waals surface area contributed by atoms with Gasteiger partial charge in [-0.15, -0.1) is 0 Å². The Bertz CT molecular complexity index is 536. The van der Waals surface area contributed by atoms with Crippen LogP contribution < -0.4 is 10.0 Å². The molecular formula is C12H24N6O2S. The van der Waals surface area contributed by atoms with Crippen LogP contribution in [0.5, 0.6) is 0 Å². The van der Waals surface area contributed by atoms with E-state index in [1.165, 1.54) is 4.31 Å². The fourth-order valence-electron chi connectivity index (χ4n) is 2.41. The zero-order valence-corrected chi connectivity index (χ0v) is 13.4. The number of rotatable bonds is 7. The molecule has 0 unspecified atom stereocenters. The molecule has 1 aliphatic heterocycles. The van der Waals surface area contributed by atoms with E-state index in [2.05, 4.69) is 27.0 Å². The maximum atomic E-state index is 12.2. The van der Waals surface area contributed by atoms with Crippen LogP contribution in [0.2, 0.25) is 0 Å². The minimum absolute atomic E-state index is 0.125. The van der Waals surface area contributed by atoms with Crippen molar-refractivity contribution >= 4 is 10.2 Å². The predicted molar refractivity (Wildman–Crippen MR) is 79.6 cm³/mol. The highest BCUT2D eigenvalue weighted by Crippen LogP contribution is 2.18. The number of aromatic nitrogens is 3. The maximum absolute atomic E-state index is 12.2. The molecule has 9 heteroatoms. The largest absolute Gasteiger partial charge is 0.317 e. The van der Waals surface area contributed by atoms with Crippen molar-refractivity contribution in [2.45, 2.75) is 26.3 Å². The second-order valence-corrected chi connectivity index (χ2v) is 7.07. The summed E-state index contributed by atoms with van der Waals surface area (Å²) < 4.78 is 30.1. The van der Waals surface area contributed by atoms with Crippen molar-refractivity contribution in [1.29, 1.82) is 0 Å². The Labute approximate surface area is 126 Å². The van der Waals surface area contributed by atoms with E-state index in [4.69, 9.17) is 0 Å². The maximum Gasteiger partial charge on any atom is 0.279 e. The van der Waals surface area contributed by atoms with Crippen molar-refractivity contribution in [3.63, 3.8) is 0 Å². The third-order valence-electron chi connectivity index (χ3n) is 3.66. The number of nitrogens with zero attached hydrogens (tertiary/aromatic N) is 4. The molecule has 2 heterocycles. The summed E-state index contributed by atoms with van der Waals surface area (Å²) in [4.78, 5) is 4.01. The molecule has 0 amide bonds. The van der Waals surface area contributed by atoms with Crippen LogP contribution in [0.15, 0.2) is 6.33 Å². The van der Waals surface area contributed by atoms with Gasteiger partial charge in [0.15, 0.2) is 5.82 Å². The summed E-state index contributed by atoms with van der Waals surface area (Å²) in [6.07, 6.45) is 3.35. The first-order valence-electron chi connectivity index (χ1n) is 7.31. The van der Waals surface area contributed by atoms with Gasteiger partial charge in [-0.1, -0.05) is 6.92 Å². The molecule has 0 radical (unpaired) electrons. The molecule has 0 aromatic carbocycles. The van der Waals surface area contributed by atoms with Gasteiger partial charge in [-0.2, -0.15) is 22.5 Å². The lowest BCUT2D eigenvalue weighted by molar-refractivity contribution is 0.266. The molecule has 2 N–H and O–H groups in total. The van der Waals surface area contributed by atoms with E-state index < -0.39 is 10.2 Å². The third-order valence-corrected chi connectivity index (χ3v) is 5.21. The van der Waals surface area contributed by atoms with Crippen LogP contribution in [0.1, 0.15) is 25.6 Å². The Hall–Kier alpha value is -1.03. The minimum atomic E-state index is -3.44. The smallest absolute Gasteiger partial charge is 0.279 e. The zero-order chi connectivity index (χ0) is 15.3. The van der Waals surface area contributed by atoms with Gasteiger partial charge in [0.1, 0.15) is 6.33 Å². The van der Waals surface area contributed by atoms with E-state index in [0.29, 0.717) is 24.8 Å². The molecule has 1 aromatic heterocycles. The van der Waals surface area contributed by atoms with Gasteiger partial charge in [0.25, 0.3) is 10.2 Å². The van der Waals surface area contributed by atoms with Crippen molar-refractivity contribution < 1.29 is 8.42 Å². The van der Waals surface area contributed by atoms with Crippen molar-refractivity contribution in [3.8, 4) is 0 Å². The Balaban J connectivity index is 1.81. The van der Waals surface area contributed by atoms with Crippen LogP contribution >= 0.6 is 0 Å². The normalized spacial score (nSPS) is 18.2. The quantitative estimate of drug-likeness (QED) is 0.705. The van der Waals surface area contributed by atoms with Crippen LogP contribution in [-0.4, -0.2) is 53.7 Å². The lowest BCUT2D eigenvalue weighted by atomic mass is 9.98. The van der Waals surface area contributed by atoms with Crippen molar-refractivity contribution in [2.24, 2.45) is 13.0 Å². The Morgan fingerprint density at radius 3 is 2.67 bits per heavy atom. The van der Waals surface area contributed by atoms with Gasteiger partial charge in [-0.3, -0.25) is 4.68 Å². The van der Waals surface area contributed by atoms with Gasteiger partial charge >= 0.3 is 0 Å². The second kappa shape index (κ2) is 7.30. The number of hydrogen-bond donors (Lipinski definition) is 2. The molecule has 1 fully saturated rings. The first-order chi connectivity index (χ1) is 10.0. The van der Waals surface area contributed by atoms with Crippen LogP contribution in [0.4, 0.5) is 0 Å². The average Bonchev–Trinajstić information content (AvgIpc) is 2.89. The third kappa shape index (κ3) is 4.73. The summed E-state index contributed by atoms with van der Waals surface area (Å²) in [7, 11) is -1.69. The molecule has 120 valence electrons. The van der Waals surface area contributed by atoms with Crippen molar-refractivity contribution in [3.05, 3.63) is 12.2 Å². The van der Waals surface area contributed by atoms with Crippen LogP contribution in [-0.2, 0) is 23.8 Å². The van der Waals surface area contributed by atoms with E-state index in [1.807, 2.05) is 0 Å². The minimum Gasteiger partial charge on any atom is -0.317 e. The van der Waals surface area contributed by atoms with Gasteiger partial charge in [0.2, 0.25) is 0 Å². The molecular weight excluding hydrogens is 292 g/mol. The molecule has 1 saturated heterocycles. The first kappa shape index (κ1) is 16.3. The fourth-order valence-corrected chi connectivity index (χ4v) is 3.60. The molecule has 1 aliphatic rings. The molecule has 0 bridgehead atoms. The van der Waals surface area contributed by atoms with E-state index in [1.54, 1.807) is 18.1 Å². The second-order valence-electron chi connectivity index (χ2n) is 5.31. The zero-order valence-electron chi connectivity index (χ0n) is 12.6. The van der Waals surface area contributed by atoms with Gasteiger partial charge in [0, 0.05) is 20.1 Å². The van der Waals surface area contributed by atoms with Crippen LogP contribution in [0, 0.1) is 5.92 Å². The molecule has 0 aliphatic carbocycles. The standard InChI is InChI=1S/C12H24N6O2S/c1-3-13-8-11-4-6-18(7-5-11)21(19,20)15-9-12-14-10-17(2)16-12/h10-11,13,15H,3-9H2,1-2H3. The molecule has 0 spiro atoms. The number of nitrogens with one attached hydrogen (secondary N) is 2. The van der Waals surface area contributed by atoms with E-state index in [9.17, 15) is 8.42 Å². The fraction of sp³-hybridized carbons (Fsp3) is 0.833. The summed E-state index contributed by atoms with van der Waals surface area (Å²) in [5.74, 6) is 1.04. The highest BCUT2D eigenvalue weighted by atomic mass is 32.2. The highest BCUT2D eigenvalue weighted by molar-refractivity contribution is 7.87. The average molecular weight is 316 g/mol. The van der Waals surface area contributed by atoms with Crippen LogP contribution in [0.3, 0.4) is 0 Å². The van der Waals surface area contributed by atoms with E-state index in [0.717, 1.165) is 25.9 Å². The molecule has 21 heavy (non-hydrogen) atoms. The molecule has 0 saturated carbocycles. The van der Waals surface area contributed by atoms with Gasteiger partial charge < -0.3 is 5.32 Å². The van der Waals surface area contributed by atoms with Crippen molar-refractivity contribution in [1.82, 2.24) is 29.1 Å². The number of hydrogen-bond acceptors (Lipinski definition) is 5. The lowest BCUT2D eigenvalue weighted by Gasteiger charge is -2.31. The molecule has 2 rings (SSSR count). The summed E-state index contributed by atoms with van der Waals surface area (Å²) in [6, 6.07) is 0. The SMILES string of the molecule is CCNCC1CCN(S(=O)(=O)NCc2ncn(C)n2)CC1. The van der Waals surface area contributed by atoms with E-state index >= 15 is 0 Å². The van der Waals surface area contributed by atoms with Gasteiger partial charge in [-0.25, -0.2) is 4.98 Å². The topological polar surface area (TPSA) is 92.2 Å². The Kier molecular flexibility index (Phi) is 5.68. The van der Waals surface area contributed by atoms with E-state index in [-0.39, 0.29) is 6.54 Å². The monoisotopic (exact) mass is 316 g/mol. The Morgan fingerprint density at radius 2 is 2.10 bits per heavy atom. The van der Waals surface area contributed by atoms with Crippen molar-refractivity contribution in [2.75, 3.05) is 26.2 Å². The number of piperidine rings is 1. The molecule has 0 atom stereocenters. The summed E-state index contributed by atoms with van der Waals surface area (Å²) in [5.41, 5.74) is 0. The highest BCUT2D eigenvalue weighted by Gasteiger charge is 2.27. The van der Waals surface area contributed by atoms with Gasteiger partial charge in [-0.05, 0) is 31.8 Å². The molecule has 8 nitrogen and oxygen atoms in total.